The number of benzene rings is 1. The molecule has 0 unspecified atom stereocenters. The van der Waals surface area contributed by atoms with Crippen LogP contribution in [0, 0.1) is 0 Å². The lowest BCUT2D eigenvalue weighted by Crippen LogP contribution is -2.32. The van der Waals surface area contributed by atoms with Crippen molar-refractivity contribution in [1.82, 2.24) is 14.9 Å². The Bertz CT molecular complexity index is 684. The summed E-state index contributed by atoms with van der Waals surface area (Å²) in [7, 11) is 0. The molecule has 1 saturated heterocycles. The smallest absolute Gasteiger partial charge is 0.272 e. The minimum atomic E-state index is -0.00974. The molecule has 1 fully saturated rings. The van der Waals surface area contributed by atoms with E-state index in [4.69, 9.17) is 0 Å². The monoisotopic (exact) mass is 374 g/mol. The first-order chi connectivity index (χ1) is 11.2. The lowest BCUT2D eigenvalue weighted by Gasteiger charge is -2.19. The van der Waals surface area contributed by atoms with E-state index in [2.05, 4.69) is 31.2 Å². The number of likely N-dealkylation sites (tertiary alicyclic amines) is 1. The number of hydrogen-bond acceptors (Lipinski definition) is 4. The van der Waals surface area contributed by atoms with Crippen molar-refractivity contribution < 1.29 is 4.79 Å². The Kier molecular flexibility index (Phi) is 5.23. The molecule has 0 spiro atoms. The zero-order chi connectivity index (χ0) is 16.1. The first kappa shape index (κ1) is 15.9. The van der Waals surface area contributed by atoms with E-state index < -0.39 is 0 Å². The van der Waals surface area contributed by atoms with Gasteiger partial charge in [-0.05, 0) is 40.9 Å². The average molecular weight is 375 g/mol. The van der Waals surface area contributed by atoms with E-state index in [-0.39, 0.29) is 5.91 Å². The zero-order valence-electron chi connectivity index (χ0n) is 12.8. The first-order valence-corrected chi connectivity index (χ1v) is 8.66. The van der Waals surface area contributed by atoms with Crippen molar-refractivity contribution in [2.75, 3.05) is 18.4 Å². The van der Waals surface area contributed by atoms with E-state index in [0.717, 1.165) is 36.1 Å². The lowest BCUT2D eigenvalue weighted by molar-refractivity contribution is 0.0755. The molecule has 0 aliphatic carbocycles. The molecule has 3 rings (SSSR count). The Morgan fingerprint density at radius 3 is 2.57 bits per heavy atom. The average Bonchev–Trinajstić information content (AvgIpc) is 2.86. The number of para-hydroxylation sites is 1. The Morgan fingerprint density at radius 2 is 1.83 bits per heavy atom. The number of hydrogen-bond donors (Lipinski definition) is 1. The zero-order valence-corrected chi connectivity index (χ0v) is 14.4. The van der Waals surface area contributed by atoms with Crippen molar-refractivity contribution in [1.29, 1.82) is 0 Å². The van der Waals surface area contributed by atoms with Gasteiger partial charge in [0.25, 0.3) is 5.91 Å². The highest BCUT2D eigenvalue weighted by molar-refractivity contribution is 9.10. The van der Waals surface area contributed by atoms with Gasteiger partial charge in [0.2, 0.25) is 0 Å². The molecular weight excluding hydrogens is 356 g/mol. The molecule has 5 nitrogen and oxygen atoms in total. The molecule has 1 N–H and O–H groups in total. The van der Waals surface area contributed by atoms with Crippen LogP contribution >= 0.6 is 15.9 Å². The standard InChI is InChI=1S/C17H19BrN4O/c18-13-7-3-4-8-14(13)21-16-11-15(19-12-20-16)17(23)22-9-5-1-2-6-10-22/h3-4,7-8,11-12H,1-2,5-6,9-10H2,(H,19,20,21). The van der Waals surface area contributed by atoms with E-state index >= 15 is 0 Å². The van der Waals surface area contributed by atoms with Gasteiger partial charge in [-0.2, -0.15) is 0 Å². The Morgan fingerprint density at radius 1 is 1.09 bits per heavy atom. The van der Waals surface area contributed by atoms with Crippen molar-refractivity contribution in [3.8, 4) is 0 Å². The molecule has 1 aliphatic rings. The van der Waals surface area contributed by atoms with Gasteiger partial charge in [0.15, 0.2) is 0 Å². The van der Waals surface area contributed by atoms with Crippen LogP contribution in [0.4, 0.5) is 11.5 Å². The lowest BCUT2D eigenvalue weighted by atomic mass is 10.2. The highest BCUT2D eigenvalue weighted by atomic mass is 79.9. The summed E-state index contributed by atoms with van der Waals surface area (Å²) >= 11 is 3.49. The second-order valence-corrected chi connectivity index (χ2v) is 6.45. The fraction of sp³-hybridized carbons (Fsp3) is 0.353. The predicted octanol–water partition coefficient (Wildman–Crippen LogP) is 4.00. The van der Waals surface area contributed by atoms with Gasteiger partial charge in [0.1, 0.15) is 17.8 Å². The maximum Gasteiger partial charge on any atom is 0.272 e. The molecule has 120 valence electrons. The van der Waals surface area contributed by atoms with Crippen molar-refractivity contribution in [2.45, 2.75) is 25.7 Å². The number of aromatic nitrogens is 2. The van der Waals surface area contributed by atoms with Gasteiger partial charge in [-0.25, -0.2) is 9.97 Å². The summed E-state index contributed by atoms with van der Waals surface area (Å²) in [5.74, 6) is 0.606. The van der Waals surface area contributed by atoms with Crippen molar-refractivity contribution in [2.24, 2.45) is 0 Å². The summed E-state index contributed by atoms with van der Waals surface area (Å²) in [6.07, 6.45) is 5.97. The summed E-state index contributed by atoms with van der Waals surface area (Å²) in [6, 6.07) is 9.50. The molecule has 2 aromatic rings. The summed E-state index contributed by atoms with van der Waals surface area (Å²) in [6.45, 7) is 1.63. The third-order valence-electron chi connectivity index (χ3n) is 3.92. The minimum absolute atomic E-state index is 0.00974. The Labute approximate surface area is 144 Å². The summed E-state index contributed by atoms with van der Waals surface area (Å²) in [5, 5.41) is 3.21. The molecule has 0 radical (unpaired) electrons. The van der Waals surface area contributed by atoms with Crippen LogP contribution in [0.25, 0.3) is 0 Å². The van der Waals surface area contributed by atoms with Crippen LogP contribution < -0.4 is 5.32 Å². The topological polar surface area (TPSA) is 58.1 Å². The quantitative estimate of drug-likeness (QED) is 0.881. The minimum Gasteiger partial charge on any atom is -0.339 e. The van der Waals surface area contributed by atoms with E-state index in [9.17, 15) is 4.79 Å². The highest BCUT2D eigenvalue weighted by Crippen LogP contribution is 2.24. The number of nitrogens with zero attached hydrogens (tertiary/aromatic N) is 3. The van der Waals surface area contributed by atoms with Crippen LogP contribution in [0.1, 0.15) is 36.2 Å². The number of amides is 1. The van der Waals surface area contributed by atoms with Crippen LogP contribution in [0.3, 0.4) is 0 Å². The molecule has 23 heavy (non-hydrogen) atoms. The largest absolute Gasteiger partial charge is 0.339 e. The fourth-order valence-electron chi connectivity index (χ4n) is 2.68. The third kappa shape index (κ3) is 4.07. The second-order valence-electron chi connectivity index (χ2n) is 5.60. The van der Waals surface area contributed by atoms with E-state index in [1.807, 2.05) is 29.2 Å². The van der Waals surface area contributed by atoms with Gasteiger partial charge in [-0.3, -0.25) is 4.79 Å². The molecule has 6 heteroatoms. The van der Waals surface area contributed by atoms with E-state index in [0.29, 0.717) is 11.5 Å². The number of carbonyl (C=O) groups is 1. The summed E-state index contributed by atoms with van der Waals surface area (Å²) in [4.78, 5) is 22.9. The third-order valence-corrected chi connectivity index (χ3v) is 4.61. The van der Waals surface area contributed by atoms with Crippen molar-refractivity contribution in [3.63, 3.8) is 0 Å². The van der Waals surface area contributed by atoms with Gasteiger partial charge in [-0.15, -0.1) is 0 Å². The molecule has 1 aromatic heterocycles. The van der Waals surface area contributed by atoms with Gasteiger partial charge < -0.3 is 10.2 Å². The molecule has 2 heterocycles. The van der Waals surface area contributed by atoms with Crippen LogP contribution in [0.2, 0.25) is 0 Å². The van der Waals surface area contributed by atoms with Gasteiger partial charge in [-0.1, -0.05) is 25.0 Å². The normalized spacial score (nSPS) is 15.1. The number of anilines is 2. The maximum atomic E-state index is 12.6. The van der Waals surface area contributed by atoms with Gasteiger partial charge in [0, 0.05) is 23.6 Å². The Hall–Kier alpha value is -1.95. The highest BCUT2D eigenvalue weighted by Gasteiger charge is 2.19. The molecular formula is C17H19BrN4O. The van der Waals surface area contributed by atoms with Crippen LogP contribution in [-0.4, -0.2) is 33.9 Å². The molecule has 0 bridgehead atoms. The van der Waals surface area contributed by atoms with Gasteiger partial charge in [0.05, 0.1) is 5.69 Å². The number of halogens is 1. The van der Waals surface area contributed by atoms with Crippen LogP contribution in [0.5, 0.6) is 0 Å². The predicted molar refractivity (Wildman–Crippen MR) is 93.8 cm³/mol. The van der Waals surface area contributed by atoms with Crippen molar-refractivity contribution >= 4 is 33.3 Å². The molecule has 0 atom stereocenters. The molecule has 1 amide bonds. The van der Waals surface area contributed by atoms with E-state index in [1.54, 1.807) is 6.07 Å². The molecule has 0 saturated carbocycles. The maximum absolute atomic E-state index is 12.6. The van der Waals surface area contributed by atoms with Crippen LogP contribution in [-0.2, 0) is 0 Å². The Balaban J connectivity index is 1.76. The van der Waals surface area contributed by atoms with Crippen LogP contribution in [0.15, 0.2) is 41.1 Å². The number of nitrogens with one attached hydrogen (secondary N) is 1. The molecule has 1 aliphatic heterocycles. The van der Waals surface area contributed by atoms with Gasteiger partial charge >= 0.3 is 0 Å². The first-order valence-electron chi connectivity index (χ1n) is 7.87. The number of rotatable bonds is 3. The second kappa shape index (κ2) is 7.55. The summed E-state index contributed by atoms with van der Waals surface area (Å²) < 4.78 is 0.944. The van der Waals surface area contributed by atoms with E-state index in [1.165, 1.54) is 19.2 Å². The number of carbonyl (C=O) groups excluding carboxylic acids is 1. The fourth-order valence-corrected chi connectivity index (χ4v) is 3.06. The SMILES string of the molecule is O=C(c1cc(Nc2ccccc2Br)ncn1)N1CCCCCC1. The summed E-state index contributed by atoms with van der Waals surface area (Å²) in [5.41, 5.74) is 1.34. The van der Waals surface area contributed by atoms with Crippen molar-refractivity contribution in [3.05, 3.63) is 46.8 Å². The molecule has 1 aromatic carbocycles.